The fourth-order valence-corrected chi connectivity index (χ4v) is 5.25. The molecule has 5 rings (SSSR count). The molecule has 4 N–H and O–H groups in total. The van der Waals surface area contributed by atoms with Crippen LogP contribution < -0.4 is 11.1 Å². The molecule has 0 aromatic heterocycles. The Morgan fingerprint density at radius 1 is 1.11 bits per heavy atom. The van der Waals surface area contributed by atoms with Crippen molar-refractivity contribution in [2.75, 3.05) is 13.2 Å². The third-order valence-electron chi connectivity index (χ3n) is 7.46. The number of ether oxygens (including phenoxy) is 1. The Bertz CT molecular complexity index is 1200. The van der Waals surface area contributed by atoms with Gasteiger partial charge >= 0.3 is 12.1 Å². The highest BCUT2D eigenvalue weighted by Gasteiger charge is 2.54. The zero-order chi connectivity index (χ0) is 27.2. The summed E-state index contributed by atoms with van der Waals surface area (Å²) in [5, 5.41) is 12.5. The average molecular weight is 535 g/mol. The van der Waals surface area contributed by atoms with Gasteiger partial charge in [-0.05, 0) is 62.6 Å². The summed E-state index contributed by atoms with van der Waals surface area (Å²) < 4.78 is 45.1. The van der Waals surface area contributed by atoms with Crippen LogP contribution in [0.15, 0.2) is 40.5 Å². The maximum atomic E-state index is 13.9. The Hall–Kier alpha value is -3.41. The summed E-state index contributed by atoms with van der Waals surface area (Å²) in [4.78, 5) is 45.5. The fraction of sp³-hybridized carbons (Fsp3) is 0.538. The molecule has 2 saturated carbocycles. The van der Waals surface area contributed by atoms with Crippen LogP contribution in [-0.4, -0.2) is 65.0 Å². The summed E-state index contributed by atoms with van der Waals surface area (Å²) in [5.41, 5.74) is 4.68. The molecule has 0 bridgehead atoms. The van der Waals surface area contributed by atoms with Crippen molar-refractivity contribution >= 4 is 23.6 Å². The first-order chi connectivity index (χ1) is 18.1. The number of carboxylic acid groups (broad SMARTS) is 1. The highest BCUT2D eigenvalue weighted by atomic mass is 19.4. The van der Waals surface area contributed by atoms with Crippen molar-refractivity contribution in [1.29, 1.82) is 0 Å². The number of piperidine rings is 1. The number of rotatable bonds is 6. The van der Waals surface area contributed by atoms with Gasteiger partial charge in [0.05, 0.1) is 11.6 Å². The van der Waals surface area contributed by atoms with Crippen LogP contribution in [0.4, 0.5) is 13.2 Å². The lowest BCUT2D eigenvalue weighted by Crippen LogP contribution is -2.61. The van der Waals surface area contributed by atoms with Gasteiger partial charge in [0.25, 0.3) is 11.8 Å². The lowest BCUT2D eigenvalue weighted by atomic mass is 9.79. The van der Waals surface area contributed by atoms with Gasteiger partial charge in [-0.1, -0.05) is 6.07 Å². The standard InChI is InChI=1S/C26H29F3N4O5/c27-26(28,29)15-3-1-2-14(12-15)23(34)32-21-18(13-4-5-13)19(20(30)25(36)37)22(31-16-8-10-38-11-9-16)33(24(21)35)17-6-7-17/h1-3,12-13,16-18,21H,4-11,30H2,(H,32,34)(H,36,37)/b20-19-,31-22?. The monoisotopic (exact) mass is 534 g/mol. The quantitative estimate of drug-likeness (QED) is 0.481. The molecule has 204 valence electrons. The number of nitrogens with one attached hydrogen (secondary N) is 1. The van der Waals surface area contributed by atoms with Crippen molar-refractivity contribution < 1.29 is 37.4 Å². The van der Waals surface area contributed by atoms with E-state index in [1.165, 1.54) is 11.0 Å². The second kappa shape index (κ2) is 10.0. The molecular weight excluding hydrogens is 505 g/mol. The second-order valence-corrected chi connectivity index (χ2v) is 10.3. The average Bonchev–Trinajstić information content (AvgIpc) is 3.79. The summed E-state index contributed by atoms with van der Waals surface area (Å²) in [6, 6.07) is 2.37. The number of aliphatic imine (C=N–C) groups is 1. The van der Waals surface area contributed by atoms with E-state index in [4.69, 9.17) is 15.5 Å². The Balaban J connectivity index is 1.56. The van der Waals surface area contributed by atoms with E-state index >= 15 is 0 Å². The largest absolute Gasteiger partial charge is 0.477 e. The topological polar surface area (TPSA) is 134 Å². The first-order valence-corrected chi connectivity index (χ1v) is 12.8. The molecule has 2 heterocycles. The third-order valence-corrected chi connectivity index (χ3v) is 7.46. The molecular formula is C26H29F3N4O5. The summed E-state index contributed by atoms with van der Waals surface area (Å²) in [7, 11) is 0. The zero-order valence-electron chi connectivity index (χ0n) is 20.5. The van der Waals surface area contributed by atoms with Gasteiger partial charge in [0.15, 0.2) is 0 Å². The maximum absolute atomic E-state index is 13.9. The van der Waals surface area contributed by atoms with Crippen molar-refractivity contribution in [1.82, 2.24) is 10.2 Å². The minimum atomic E-state index is -4.64. The van der Waals surface area contributed by atoms with E-state index in [-0.39, 0.29) is 35.0 Å². The van der Waals surface area contributed by atoms with E-state index in [0.29, 0.717) is 51.7 Å². The molecule has 1 aromatic carbocycles. The number of amidine groups is 1. The smallest absolute Gasteiger partial charge is 0.416 e. The number of hydrogen-bond donors (Lipinski definition) is 3. The minimum absolute atomic E-state index is 0.125. The third kappa shape index (κ3) is 5.27. The molecule has 0 radical (unpaired) electrons. The molecule has 4 aliphatic rings. The van der Waals surface area contributed by atoms with E-state index in [2.05, 4.69) is 5.32 Å². The molecule has 1 aromatic rings. The lowest BCUT2D eigenvalue weighted by Gasteiger charge is -2.42. The van der Waals surface area contributed by atoms with Crippen LogP contribution in [0.3, 0.4) is 0 Å². The van der Waals surface area contributed by atoms with Gasteiger partial charge in [0.1, 0.15) is 17.6 Å². The summed E-state index contributed by atoms with van der Waals surface area (Å²) in [6.45, 7) is 0.988. The molecule has 2 saturated heterocycles. The fourth-order valence-electron chi connectivity index (χ4n) is 5.25. The van der Waals surface area contributed by atoms with Gasteiger partial charge in [0, 0.05) is 36.3 Å². The molecule has 38 heavy (non-hydrogen) atoms. The van der Waals surface area contributed by atoms with Crippen LogP contribution in [0.1, 0.15) is 54.4 Å². The predicted octanol–water partition coefficient (Wildman–Crippen LogP) is 2.71. The molecule has 9 nitrogen and oxygen atoms in total. The van der Waals surface area contributed by atoms with Crippen molar-refractivity contribution in [3.05, 3.63) is 46.7 Å². The highest BCUT2D eigenvalue weighted by molar-refractivity contribution is 6.16. The van der Waals surface area contributed by atoms with E-state index in [9.17, 15) is 32.7 Å². The van der Waals surface area contributed by atoms with Gasteiger partial charge in [-0.25, -0.2) is 4.79 Å². The van der Waals surface area contributed by atoms with Crippen molar-refractivity contribution in [2.45, 2.75) is 62.8 Å². The van der Waals surface area contributed by atoms with Crippen LogP contribution in [0, 0.1) is 11.8 Å². The summed E-state index contributed by atoms with van der Waals surface area (Å²) >= 11 is 0. The first-order valence-electron chi connectivity index (χ1n) is 12.8. The first kappa shape index (κ1) is 26.2. The number of alkyl halides is 3. The number of nitrogens with zero attached hydrogens (tertiary/aromatic N) is 2. The Kier molecular flexibility index (Phi) is 6.93. The SMILES string of the molecule is N/C(C(=O)O)=C1\C(=NC2CCOCC2)N(C2CC2)C(=O)C(NC(=O)c2cccc(C(F)(F)F)c2)C1C1CC1. The van der Waals surface area contributed by atoms with Crippen LogP contribution in [0.2, 0.25) is 0 Å². The van der Waals surface area contributed by atoms with E-state index in [1.54, 1.807) is 0 Å². The van der Waals surface area contributed by atoms with Gasteiger partial charge in [-0.15, -0.1) is 0 Å². The molecule has 2 amide bonds. The molecule has 2 aliphatic heterocycles. The van der Waals surface area contributed by atoms with Crippen LogP contribution in [0.5, 0.6) is 0 Å². The number of nitrogens with two attached hydrogens (primary N) is 1. The Morgan fingerprint density at radius 3 is 2.37 bits per heavy atom. The number of halogens is 3. The molecule has 2 atom stereocenters. The number of carbonyl (C=O) groups excluding carboxylic acids is 2. The molecule has 4 fully saturated rings. The van der Waals surface area contributed by atoms with Crippen molar-refractivity contribution in [3.8, 4) is 0 Å². The number of benzene rings is 1. The van der Waals surface area contributed by atoms with E-state index < -0.39 is 47.2 Å². The second-order valence-electron chi connectivity index (χ2n) is 10.3. The Morgan fingerprint density at radius 2 is 1.79 bits per heavy atom. The van der Waals surface area contributed by atoms with E-state index in [0.717, 1.165) is 18.2 Å². The molecule has 2 unspecified atom stereocenters. The lowest BCUT2D eigenvalue weighted by molar-refractivity contribution is -0.137. The van der Waals surface area contributed by atoms with E-state index in [1.807, 2.05) is 0 Å². The molecule has 0 spiro atoms. The van der Waals surface area contributed by atoms with Crippen LogP contribution in [0.25, 0.3) is 0 Å². The minimum Gasteiger partial charge on any atom is -0.477 e. The molecule has 2 aliphatic carbocycles. The predicted molar refractivity (Wildman–Crippen MR) is 129 cm³/mol. The Labute approximate surface area is 216 Å². The van der Waals surface area contributed by atoms with Gasteiger partial charge in [-0.2, -0.15) is 13.2 Å². The number of carbonyl (C=O) groups is 3. The van der Waals surface area contributed by atoms with Crippen LogP contribution >= 0.6 is 0 Å². The van der Waals surface area contributed by atoms with Crippen molar-refractivity contribution in [2.24, 2.45) is 22.6 Å². The normalized spacial score (nSPS) is 27.4. The molecule has 12 heteroatoms. The van der Waals surface area contributed by atoms with Crippen LogP contribution in [-0.2, 0) is 20.5 Å². The number of aliphatic carboxylic acids is 1. The number of likely N-dealkylation sites (tertiary alicyclic amines) is 1. The number of amides is 2. The number of hydrogen-bond acceptors (Lipinski definition) is 6. The maximum Gasteiger partial charge on any atom is 0.416 e. The highest BCUT2D eigenvalue weighted by Crippen LogP contribution is 2.48. The van der Waals surface area contributed by atoms with Gasteiger partial charge in [-0.3, -0.25) is 19.5 Å². The summed E-state index contributed by atoms with van der Waals surface area (Å²) in [6.07, 6.45) is -0.670. The number of carboxylic acids is 1. The van der Waals surface area contributed by atoms with Gasteiger partial charge in [0.2, 0.25) is 0 Å². The summed E-state index contributed by atoms with van der Waals surface area (Å²) in [5.74, 6) is -3.31. The zero-order valence-corrected chi connectivity index (χ0v) is 20.5. The van der Waals surface area contributed by atoms with Gasteiger partial charge < -0.3 is 20.9 Å². The van der Waals surface area contributed by atoms with Crippen molar-refractivity contribution in [3.63, 3.8) is 0 Å².